The lowest BCUT2D eigenvalue weighted by Gasteiger charge is -2.08. The normalized spacial score (nSPS) is 11.1. The highest BCUT2D eigenvalue weighted by atomic mass is 35.5. The van der Waals surface area contributed by atoms with Gasteiger partial charge in [0.1, 0.15) is 6.73 Å². The monoisotopic (exact) mass is 318 g/mol. The number of rotatable bonds is 5. The van der Waals surface area contributed by atoms with E-state index in [-0.39, 0.29) is 0 Å². The molecule has 1 aromatic heterocycles. The van der Waals surface area contributed by atoms with E-state index < -0.39 is 0 Å². The van der Waals surface area contributed by atoms with Crippen molar-refractivity contribution in [2.75, 3.05) is 7.11 Å². The van der Waals surface area contributed by atoms with Gasteiger partial charge in [-0.15, -0.1) is 11.8 Å². The average molecular weight is 319 g/mol. The Morgan fingerprint density at radius 1 is 1.19 bits per heavy atom. The zero-order chi connectivity index (χ0) is 14.7. The Labute approximate surface area is 132 Å². The molecule has 0 fully saturated rings. The maximum absolute atomic E-state index is 6.26. The van der Waals surface area contributed by atoms with Gasteiger partial charge in [-0.25, -0.2) is 4.68 Å². The maximum Gasteiger partial charge on any atom is 0.139 e. The van der Waals surface area contributed by atoms with Crippen LogP contribution in [-0.2, 0) is 17.2 Å². The minimum absolute atomic E-state index is 0.419. The molecule has 0 atom stereocenters. The van der Waals surface area contributed by atoms with E-state index in [1.165, 1.54) is 5.56 Å². The summed E-state index contributed by atoms with van der Waals surface area (Å²) < 4.78 is 7.04. The third-order valence-electron chi connectivity index (χ3n) is 3.20. The summed E-state index contributed by atoms with van der Waals surface area (Å²) in [5.74, 6) is 0.912. The molecule has 5 heteroatoms. The number of halogens is 1. The van der Waals surface area contributed by atoms with E-state index in [0.717, 1.165) is 26.6 Å². The number of thioether (sulfide) groups is 1. The molecule has 2 aromatic carbocycles. The van der Waals surface area contributed by atoms with Gasteiger partial charge in [0, 0.05) is 23.1 Å². The molecule has 1 heterocycles. The van der Waals surface area contributed by atoms with Crippen molar-refractivity contribution in [1.29, 1.82) is 0 Å². The van der Waals surface area contributed by atoms with Crippen molar-refractivity contribution in [2.24, 2.45) is 0 Å². The Bertz CT molecular complexity index is 743. The van der Waals surface area contributed by atoms with Gasteiger partial charge in [0.05, 0.1) is 16.7 Å². The summed E-state index contributed by atoms with van der Waals surface area (Å²) in [6.07, 6.45) is 1.79. The van der Waals surface area contributed by atoms with Gasteiger partial charge in [0.15, 0.2) is 0 Å². The van der Waals surface area contributed by atoms with E-state index in [4.69, 9.17) is 16.3 Å². The van der Waals surface area contributed by atoms with Crippen LogP contribution in [0.5, 0.6) is 0 Å². The largest absolute Gasteiger partial charge is 0.362 e. The van der Waals surface area contributed by atoms with Crippen molar-refractivity contribution in [3.05, 3.63) is 59.2 Å². The van der Waals surface area contributed by atoms with Gasteiger partial charge in [0.2, 0.25) is 0 Å². The van der Waals surface area contributed by atoms with E-state index in [0.29, 0.717) is 6.73 Å². The van der Waals surface area contributed by atoms with Crippen molar-refractivity contribution < 1.29 is 4.74 Å². The van der Waals surface area contributed by atoms with Crippen LogP contribution in [0.4, 0.5) is 0 Å². The number of benzene rings is 2. The number of hydrogen-bond acceptors (Lipinski definition) is 3. The Balaban J connectivity index is 1.94. The summed E-state index contributed by atoms with van der Waals surface area (Å²) in [4.78, 5) is 1.16. The number of ether oxygens (including phenoxy) is 1. The molecular weight excluding hydrogens is 304 g/mol. The summed E-state index contributed by atoms with van der Waals surface area (Å²) >= 11 is 8.04. The lowest BCUT2D eigenvalue weighted by molar-refractivity contribution is 0.124. The lowest BCUT2D eigenvalue weighted by atomic mass is 10.2. The summed E-state index contributed by atoms with van der Waals surface area (Å²) in [7, 11) is 1.66. The topological polar surface area (TPSA) is 27.1 Å². The number of nitrogens with zero attached hydrogens (tertiary/aromatic N) is 2. The molecule has 0 unspecified atom stereocenters. The first-order valence-electron chi connectivity index (χ1n) is 6.59. The van der Waals surface area contributed by atoms with Crippen LogP contribution >= 0.6 is 23.4 Å². The van der Waals surface area contributed by atoms with E-state index in [2.05, 4.69) is 29.4 Å². The molecule has 0 aliphatic heterocycles. The molecule has 0 aliphatic carbocycles. The number of fused-ring (bicyclic) bond motifs is 1. The summed E-state index contributed by atoms with van der Waals surface area (Å²) in [6, 6.07) is 14.4. The van der Waals surface area contributed by atoms with Crippen LogP contribution in [0, 0.1) is 0 Å². The summed E-state index contributed by atoms with van der Waals surface area (Å²) in [5, 5.41) is 6.04. The van der Waals surface area contributed by atoms with Gasteiger partial charge < -0.3 is 4.74 Å². The molecular formula is C16H15ClN2OS. The Morgan fingerprint density at radius 2 is 2.00 bits per heavy atom. The molecule has 0 bridgehead atoms. The lowest BCUT2D eigenvalue weighted by Crippen LogP contribution is -2.02. The highest BCUT2D eigenvalue weighted by Crippen LogP contribution is 2.34. The Hall–Kier alpha value is -1.49. The average Bonchev–Trinajstić information content (AvgIpc) is 2.93. The molecule has 3 nitrogen and oxygen atoms in total. The van der Waals surface area contributed by atoms with Crippen LogP contribution in [0.25, 0.3) is 10.9 Å². The first-order chi connectivity index (χ1) is 10.3. The van der Waals surface area contributed by atoms with Crippen molar-refractivity contribution in [3.63, 3.8) is 0 Å². The van der Waals surface area contributed by atoms with E-state index in [9.17, 15) is 0 Å². The van der Waals surface area contributed by atoms with E-state index >= 15 is 0 Å². The quantitative estimate of drug-likeness (QED) is 0.644. The fraction of sp³-hybridized carbons (Fsp3) is 0.188. The van der Waals surface area contributed by atoms with Crippen LogP contribution < -0.4 is 0 Å². The van der Waals surface area contributed by atoms with E-state index in [1.54, 1.807) is 25.1 Å². The van der Waals surface area contributed by atoms with Crippen molar-refractivity contribution in [1.82, 2.24) is 9.78 Å². The number of methoxy groups -OCH3 is 1. The van der Waals surface area contributed by atoms with Crippen LogP contribution in [0.3, 0.4) is 0 Å². The minimum Gasteiger partial charge on any atom is -0.362 e. The highest BCUT2D eigenvalue weighted by molar-refractivity contribution is 7.98. The SMILES string of the molecule is COCn1ncc2c(Cl)ccc(SCc3ccccc3)c21. The van der Waals surface area contributed by atoms with Crippen molar-refractivity contribution >= 4 is 34.3 Å². The zero-order valence-electron chi connectivity index (χ0n) is 11.6. The Morgan fingerprint density at radius 3 is 2.76 bits per heavy atom. The Kier molecular flexibility index (Phi) is 4.48. The minimum atomic E-state index is 0.419. The molecule has 108 valence electrons. The van der Waals surface area contributed by atoms with Crippen LogP contribution in [0.1, 0.15) is 5.56 Å². The zero-order valence-corrected chi connectivity index (χ0v) is 13.2. The fourth-order valence-electron chi connectivity index (χ4n) is 2.21. The smallest absolute Gasteiger partial charge is 0.139 e. The van der Waals surface area contributed by atoms with Crippen LogP contribution in [0.15, 0.2) is 53.6 Å². The second-order valence-electron chi connectivity index (χ2n) is 4.64. The standard InChI is InChI=1S/C16H15ClN2OS/c1-20-11-19-16-13(9-18-19)14(17)7-8-15(16)21-10-12-5-3-2-4-6-12/h2-9H,10-11H2,1H3. The molecule has 0 radical (unpaired) electrons. The highest BCUT2D eigenvalue weighted by Gasteiger charge is 2.11. The summed E-state index contributed by atoms with van der Waals surface area (Å²) in [6.45, 7) is 0.419. The fourth-order valence-corrected chi connectivity index (χ4v) is 3.44. The third-order valence-corrected chi connectivity index (χ3v) is 4.65. The molecule has 0 aliphatic rings. The maximum atomic E-state index is 6.26. The van der Waals surface area contributed by atoms with Gasteiger partial charge in [0.25, 0.3) is 0 Å². The van der Waals surface area contributed by atoms with Gasteiger partial charge >= 0.3 is 0 Å². The first kappa shape index (κ1) is 14.4. The van der Waals surface area contributed by atoms with Crippen molar-refractivity contribution in [2.45, 2.75) is 17.4 Å². The first-order valence-corrected chi connectivity index (χ1v) is 7.95. The van der Waals surface area contributed by atoms with Gasteiger partial charge in [-0.2, -0.15) is 5.10 Å². The molecule has 0 N–H and O–H groups in total. The molecule has 0 amide bonds. The predicted molar refractivity (Wildman–Crippen MR) is 87.8 cm³/mol. The molecule has 3 aromatic rings. The second kappa shape index (κ2) is 6.52. The van der Waals surface area contributed by atoms with Crippen molar-refractivity contribution in [3.8, 4) is 0 Å². The molecule has 0 spiro atoms. The van der Waals surface area contributed by atoms with Gasteiger partial charge in [-0.05, 0) is 17.7 Å². The molecule has 0 saturated carbocycles. The molecule has 21 heavy (non-hydrogen) atoms. The van der Waals surface area contributed by atoms with Gasteiger partial charge in [-0.3, -0.25) is 0 Å². The number of aromatic nitrogens is 2. The van der Waals surface area contributed by atoms with Crippen LogP contribution in [0.2, 0.25) is 5.02 Å². The van der Waals surface area contributed by atoms with E-state index in [1.807, 2.05) is 22.9 Å². The molecule has 3 rings (SSSR count). The molecule has 0 saturated heterocycles. The van der Waals surface area contributed by atoms with Crippen LogP contribution in [-0.4, -0.2) is 16.9 Å². The number of hydrogen-bond donors (Lipinski definition) is 0. The predicted octanol–water partition coefficient (Wildman–Crippen LogP) is 4.59. The van der Waals surface area contributed by atoms with Gasteiger partial charge in [-0.1, -0.05) is 41.9 Å². The second-order valence-corrected chi connectivity index (χ2v) is 6.07. The third kappa shape index (κ3) is 3.07. The summed E-state index contributed by atoms with van der Waals surface area (Å²) in [5.41, 5.74) is 2.33.